The molecule has 0 unspecified atom stereocenters. The van der Waals surface area contributed by atoms with Gasteiger partial charge in [0.25, 0.3) is 11.2 Å². The second-order valence-corrected chi connectivity index (χ2v) is 7.30. The Labute approximate surface area is 191 Å². The number of nitro groups is 1. The van der Waals surface area contributed by atoms with E-state index >= 15 is 0 Å². The summed E-state index contributed by atoms with van der Waals surface area (Å²) in [5.41, 5.74) is -8.02. The minimum atomic E-state index is -5.04. The summed E-state index contributed by atoms with van der Waals surface area (Å²) in [5, 5.41) is 11.6. The van der Waals surface area contributed by atoms with Crippen molar-refractivity contribution in [1.29, 1.82) is 0 Å². The van der Waals surface area contributed by atoms with Crippen LogP contribution >= 0.6 is 0 Å². The molecule has 1 aromatic heterocycles. The van der Waals surface area contributed by atoms with E-state index in [1.54, 1.807) is 0 Å². The maximum atomic E-state index is 13.3. The predicted molar refractivity (Wildman–Crippen MR) is 109 cm³/mol. The number of nitrogens with zero attached hydrogens (tertiary/aromatic N) is 3. The van der Waals surface area contributed by atoms with Gasteiger partial charge in [0.05, 0.1) is 16.6 Å². The summed E-state index contributed by atoms with van der Waals surface area (Å²) in [6, 6.07) is 7.19. The fourth-order valence-electron chi connectivity index (χ4n) is 3.48. The minimum Gasteiger partial charge on any atom is -0.489 e. The number of aromatic nitrogens is 2. The molecule has 3 rings (SSSR count). The molecule has 3 aromatic rings. The van der Waals surface area contributed by atoms with E-state index in [1.165, 1.54) is 12.1 Å². The third-order valence-electron chi connectivity index (χ3n) is 5.06. The fourth-order valence-corrected chi connectivity index (χ4v) is 3.48. The monoisotopic (exact) mass is 503 g/mol. The van der Waals surface area contributed by atoms with Crippen molar-refractivity contribution in [3.8, 4) is 11.4 Å². The third kappa shape index (κ3) is 4.90. The van der Waals surface area contributed by atoms with Gasteiger partial charge in [-0.25, -0.2) is 9.36 Å². The molecule has 1 heterocycles. The van der Waals surface area contributed by atoms with Crippen LogP contribution in [0.4, 0.5) is 32.0 Å². The van der Waals surface area contributed by atoms with Crippen LogP contribution in [0.3, 0.4) is 0 Å². The zero-order chi connectivity index (χ0) is 26.3. The Kier molecular flexibility index (Phi) is 6.51. The zero-order valence-corrected chi connectivity index (χ0v) is 17.9. The number of ether oxygens (including phenoxy) is 1. The van der Waals surface area contributed by atoms with Gasteiger partial charge in [-0.3, -0.25) is 19.5 Å². The van der Waals surface area contributed by atoms with Crippen LogP contribution in [0.15, 0.2) is 52.1 Å². The molecule has 0 atom stereocenters. The topological polar surface area (TPSA) is 96.4 Å². The van der Waals surface area contributed by atoms with E-state index < -0.39 is 63.3 Å². The smallest absolute Gasteiger partial charge is 0.432 e. The van der Waals surface area contributed by atoms with Crippen LogP contribution in [0.25, 0.3) is 5.69 Å². The SMILES string of the molecule is Cc1c(C(F)(F)F)n(C)c(=O)n(-c2ccc(OCc3ccccc3C(F)(F)F)cc2[N+](=O)[O-])c1=O. The predicted octanol–water partition coefficient (Wildman–Crippen LogP) is 4.37. The highest BCUT2D eigenvalue weighted by molar-refractivity contribution is 5.56. The summed E-state index contributed by atoms with van der Waals surface area (Å²) < 4.78 is 84.9. The van der Waals surface area contributed by atoms with Crippen molar-refractivity contribution in [1.82, 2.24) is 9.13 Å². The van der Waals surface area contributed by atoms with Crippen molar-refractivity contribution in [3.63, 3.8) is 0 Å². The Bertz CT molecular complexity index is 1390. The van der Waals surface area contributed by atoms with Crippen molar-refractivity contribution in [2.45, 2.75) is 25.9 Å². The Morgan fingerprint density at radius 1 is 1.00 bits per heavy atom. The molecule has 0 saturated heterocycles. The molecule has 186 valence electrons. The Morgan fingerprint density at radius 3 is 2.20 bits per heavy atom. The first-order valence-electron chi connectivity index (χ1n) is 9.61. The normalized spacial score (nSPS) is 12.0. The average Bonchev–Trinajstić information content (AvgIpc) is 2.75. The van der Waals surface area contributed by atoms with Crippen LogP contribution in [0, 0.1) is 17.0 Å². The quantitative estimate of drug-likeness (QED) is 0.293. The molecule has 14 heteroatoms. The van der Waals surface area contributed by atoms with Crippen LogP contribution in [-0.4, -0.2) is 14.1 Å². The molecule has 0 fully saturated rings. The van der Waals surface area contributed by atoms with Gasteiger partial charge in [0, 0.05) is 18.2 Å². The van der Waals surface area contributed by atoms with Crippen molar-refractivity contribution in [2.24, 2.45) is 7.05 Å². The molecule has 0 bridgehead atoms. The summed E-state index contributed by atoms with van der Waals surface area (Å²) >= 11 is 0. The molecule has 0 aliphatic heterocycles. The lowest BCUT2D eigenvalue weighted by Crippen LogP contribution is -2.43. The third-order valence-corrected chi connectivity index (χ3v) is 5.06. The van der Waals surface area contributed by atoms with E-state index in [9.17, 15) is 46.0 Å². The van der Waals surface area contributed by atoms with Crippen LogP contribution in [-0.2, 0) is 26.0 Å². The minimum absolute atomic E-state index is 0.152. The zero-order valence-electron chi connectivity index (χ0n) is 17.9. The molecule has 0 N–H and O–H groups in total. The highest BCUT2D eigenvalue weighted by Gasteiger charge is 2.38. The standard InChI is InChI=1S/C21H15F6N3O5/c1-11-17(21(25,26)27)28(2)19(32)29(18(11)31)15-8-7-13(9-16(15)30(33)34)35-10-12-5-3-4-6-14(12)20(22,23)24/h3-9H,10H2,1-2H3. The lowest BCUT2D eigenvalue weighted by Gasteiger charge is -2.17. The van der Waals surface area contributed by atoms with Gasteiger partial charge in [0.15, 0.2) is 0 Å². The second kappa shape index (κ2) is 8.92. The first-order chi connectivity index (χ1) is 16.1. The Balaban J connectivity index is 2.09. The van der Waals surface area contributed by atoms with Crippen molar-refractivity contribution in [2.75, 3.05) is 0 Å². The van der Waals surface area contributed by atoms with E-state index in [1.807, 2.05) is 0 Å². The second-order valence-electron chi connectivity index (χ2n) is 7.30. The summed E-state index contributed by atoms with van der Waals surface area (Å²) in [6.07, 6.45) is -9.70. The number of hydrogen-bond donors (Lipinski definition) is 0. The number of benzene rings is 2. The number of rotatable bonds is 5. The lowest BCUT2D eigenvalue weighted by atomic mass is 10.1. The number of alkyl halides is 6. The molecule has 0 saturated carbocycles. The van der Waals surface area contributed by atoms with Crippen LogP contribution in [0.5, 0.6) is 5.75 Å². The van der Waals surface area contributed by atoms with Gasteiger partial charge in [-0.05, 0) is 25.1 Å². The summed E-state index contributed by atoms with van der Waals surface area (Å²) in [7, 11) is 0.759. The van der Waals surface area contributed by atoms with Crippen molar-refractivity contribution >= 4 is 5.69 Å². The number of hydrogen-bond acceptors (Lipinski definition) is 5. The highest BCUT2D eigenvalue weighted by atomic mass is 19.4. The van der Waals surface area contributed by atoms with E-state index in [0.717, 1.165) is 44.3 Å². The Hall–Kier alpha value is -4.10. The molecule has 0 aliphatic carbocycles. The summed E-state index contributed by atoms with van der Waals surface area (Å²) in [5.74, 6) is -0.272. The van der Waals surface area contributed by atoms with Crippen molar-refractivity contribution < 1.29 is 36.0 Å². The number of nitro benzene ring substituents is 1. The summed E-state index contributed by atoms with van der Waals surface area (Å²) in [6.45, 7) is 0.204. The molecule has 8 nitrogen and oxygen atoms in total. The Morgan fingerprint density at radius 2 is 1.63 bits per heavy atom. The molecule has 2 aromatic carbocycles. The van der Waals surface area contributed by atoms with Gasteiger partial charge in [0.2, 0.25) is 0 Å². The van der Waals surface area contributed by atoms with Gasteiger partial charge >= 0.3 is 18.0 Å². The molecule has 0 aliphatic rings. The maximum absolute atomic E-state index is 13.3. The maximum Gasteiger partial charge on any atom is 0.432 e. The highest BCUT2D eigenvalue weighted by Crippen LogP contribution is 2.33. The van der Waals surface area contributed by atoms with E-state index in [-0.39, 0.29) is 20.4 Å². The van der Waals surface area contributed by atoms with Gasteiger partial charge in [-0.15, -0.1) is 0 Å². The van der Waals surface area contributed by atoms with E-state index in [4.69, 9.17) is 4.74 Å². The van der Waals surface area contributed by atoms with Crippen LogP contribution < -0.4 is 16.0 Å². The van der Waals surface area contributed by atoms with E-state index in [0.29, 0.717) is 0 Å². The van der Waals surface area contributed by atoms with Gasteiger partial charge in [0.1, 0.15) is 23.7 Å². The average molecular weight is 503 g/mol. The van der Waals surface area contributed by atoms with E-state index in [2.05, 4.69) is 0 Å². The van der Waals surface area contributed by atoms with Crippen LogP contribution in [0.2, 0.25) is 0 Å². The number of halogens is 6. The molecule has 0 amide bonds. The van der Waals surface area contributed by atoms with Gasteiger partial charge in [-0.2, -0.15) is 26.3 Å². The lowest BCUT2D eigenvalue weighted by molar-refractivity contribution is -0.384. The van der Waals surface area contributed by atoms with Crippen LogP contribution in [0.1, 0.15) is 22.4 Å². The van der Waals surface area contributed by atoms with Gasteiger partial charge < -0.3 is 4.74 Å². The van der Waals surface area contributed by atoms with Gasteiger partial charge in [-0.1, -0.05) is 18.2 Å². The fraction of sp³-hybridized carbons (Fsp3) is 0.238. The first-order valence-corrected chi connectivity index (χ1v) is 9.61. The molecule has 0 radical (unpaired) electrons. The molecular weight excluding hydrogens is 488 g/mol. The largest absolute Gasteiger partial charge is 0.489 e. The molecular formula is C21H15F6N3O5. The summed E-state index contributed by atoms with van der Waals surface area (Å²) in [4.78, 5) is 35.8. The molecule has 35 heavy (non-hydrogen) atoms. The first kappa shape index (κ1) is 25.5. The van der Waals surface area contributed by atoms with Crippen molar-refractivity contribution in [3.05, 3.63) is 95.8 Å². The molecule has 0 spiro atoms.